The molecule has 0 unspecified atom stereocenters. The minimum atomic E-state index is 0.109. The highest BCUT2D eigenvalue weighted by molar-refractivity contribution is 4.68. The van der Waals surface area contributed by atoms with E-state index in [9.17, 15) is 0 Å². The van der Waals surface area contributed by atoms with E-state index in [1.807, 2.05) is 0 Å². The highest BCUT2D eigenvalue weighted by Gasteiger charge is 2.11. The summed E-state index contributed by atoms with van der Waals surface area (Å²) < 4.78 is 5.29. The third kappa shape index (κ3) is 11.0. The Morgan fingerprint density at radius 1 is 0.783 bits per heavy atom. The van der Waals surface area contributed by atoms with Crippen LogP contribution in [-0.2, 0) is 4.74 Å². The summed E-state index contributed by atoms with van der Waals surface area (Å²) in [5, 5.41) is 8.66. The first-order valence-electron chi connectivity index (χ1n) is 9.08. The first kappa shape index (κ1) is 20.8. The summed E-state index contributed by atoms with van der Waals surface area (Å²) in [6, 6.07) is 0. The van der Waals surface area contributed by atoms with Gasteiger partial charge in [0.05, 0.1) is 19.8 Å². The number of aliphatic hydroxyl groups excluding tert-OH is 1. The summed E-state index contributed by atoms with van der Waals surface area (Å²) in [7, 11) is 6.55. The molecule has 6 heteroatoms. The summed E-state index contributed by atoms with van der Waals surface area (Å²) in [6.45, 7) is 11.5. The number of hydrogen-bond acceptors (Lipinski definition) is 6. The van der Waals surface area contributed by atoms with E-state index in [0.29, 0.717) is 13.2 Å². The van der Waals surface area contributed by atoms with Gasteiger partial charge < -0.3 is 29.4 Å². The molecular weight excluding hydrogens is 292 g/mol. The SMILES string of the molecule is CN(CCOCCO)CCN(C)CCN(C)CCN1CCCC1. The zero-order chi connectivity index (χ0) is 16.9. The van der Waals surface area contributed by atoms with Gasteiger partial charge in [-0.1, -0.05) is 0 Å². The van der Waals surface area contributed by atoms with Gasteiger partial charge in [0, 0.05) is 45.8 Å². The van der Waals surface area contributed by atoms with Gasteiger partial charge in [0.25, 0.3) is 0 Å². The molecule has 0 aliphatic carbocycles. The van der Waals surface area contributed by atoms with Gasteiger partial charge in [-0.15, -0.1) is 0 Å². The molecule has 0 spiro atoms. The molecule has 0 bridgehead atoms. The standard InChI is InChI=1S/C17H38N4O2/c1-18(10-11-20(3)14-16-23-17-15-22)8-9-19(2)12-13-21-6-4-5-7-21/h22H,4-17H2,1-3H3. The van der Waals surface area contributed by atoms with E-state index in [1.165, 1.54) is 39.0 Å². The molecule has 6 nitrogen and oxygen atoms in total. The van der Waals surface area contributed by atoms with Gasteiger partial charge in [0.2, 0.25) is 0 Å². The molecule has 1 heterocycles. The lowest BCUT2D eigenvalue weighted by Gasteiger charge is -2.25. The van der Waals surface area contributed by atoms with Crippen LogP contribution in [-0.4, -0.2) is 125 Å². The van der Waals surface area contributed by atoms with E-state index in [0.717, 1.165) is 32.7 Å². The van der Waals surface area contributed by atoms with Gasteiger partial charge in [-0.05, 0) is 47.1 Å². The lowest BCUT2D eigenvalue weighted by atomic mass is 10.4. The Balaban J connectivity index is 1.96. The average molecular weight is 331 g/mol. The van der Waals surface area contributed by atoms with Crippen LogP contribution in [0.15, 0.2) is 0 Å². The highest BCUT2D eigenvalue weighted by Crippen LogP contribution is 2.06. The van der Waals surface area contributed by atoms with Crippen LogP contribution in [0, 0.1) is 0 Å². The number of rotatable bonds is 14. The molecule has 1 aliphatic rings. The second kappa shape index (κ2) is 13.1. The third-order valence-corrected chi connectivity index (χ3v) is 4.58. The maximum atomic E-state index is 8.66. The molecule has 0 amide bonds. The van der Waals surface area contributed by atoms with Crippen LogP contribution in [0.4, 0.5) is 0 Å². The largest absolute Gasteiger partial charge is 0.394 e. The molecule has 1 rings (SSSR count). The number of hydrogen-bond donors (Lipinski definition) is 1. The summed E-state index contributed by atoms with van der Waals surface area (Å²) in [5.74, 6) is 0. The van der Waals surface area contributed by atoms with Gasteiger partial charge in [0.1, 0.15) is 0 Å². The first-order valence-corrected chi connectivity index (χ1v) is 9.08. The predicted molar refractivity (Wildman–Crippen MR) is 96.1 cm³/mol. The zero-order valence-corrected chi connectivity index (χ0v) is 15.5. The summed E-state index contributed by atoms with van der Waals surface area (Å²) in [4.78, 5) is 9.71. The molecule has 0 aromatic carbocycles. The Hall–Kier alpha value is -0.240. The Kier molecular flexibility index (Phi) is 11.8. The topological polar surface area (TPSA) is 42.4 Å². The van der Waals surface area contributed by atoms with Crippen LogP contribution in [0.25, 0.3) is 0 Å². The molecule has 23 heavy (non-hydrogen) atoms. The van der Waals surface area contributed by atoms with E-state index in [1.54, 1.807) is 0 Å². The van der Waals surface area contributed by atoms with Gasteiger partial charge in [-0.2, -0.15) is 0 Å². The fraction of sp³-hybridized carbons (Fsp3) is 1.00. The predicted octanol–water partition coefficient (Wildman–Crippen LogP) is -0.113. The van der Waals surface area contributed by atoms with Crippen LogP contribution < -0.4 is 0 Å². The first-order chi connectivity index (χ1) is 11.1. The Bertz CT molecular complexity index is 275. The average Bonchev–Trinajstić information content (AvgIpc) is 3.06. The minimum Gasteiger partial charge on any atom is -0.394 e. The Morgan fingerprint density at radius 2 is 1.30 bits per heavy atom. The quantitative estimate of drug-likeness (QED) is 0.448. The van der Waals surface area contributed by atoms with E-state index < -0.39 is 0 Å². The summed E-state index contributed by atoms with van der Waals surface area (Å²) in [5.41, 5.74) is 0. The molecule has 0 aromatic heterocycles. The van der Waals surface area contributed by atoms with Crippen molar-refractivity contribution in [3.63, 3.8) is 0 Å². The van der Waals surface area contributed by atoms with Crippen molar-refractivity contribution in [2.75, 3.05) is 99.9 Å². The van der Waals surface area contributed by atoms with Gasteiger partial charge in [0.15, 0.2) is 0 Å². The van der Waals surface area contributed by atoms with E-state index >= 15 is 0 Å². The molecule has 0 atom stereocenters. The van der Waals surface area contributed by atoms with E-state index in [4.69, 9.17) is 9.84 Å². The van der Waals surface area contributed by atoms with Crippen molar-refractivity contribution in [1.82, 2.24) is 19.6 Å². The number of likely N-dealkylation sites (tertiary alicyclic amines) is 1. The van der Waals surface area contributed by atoms with Crippen LogP contribution in [0.5, 0.6) is 0 Å². The van der Waals surface area contributed by atoms with Crippen molar-refractivity contribution in [3.05, 3.63) is 0 Å². The molecule has 138 valence electrons. The lowest BCUT2D eigenvalue weighted by Crippen LogP contribution is -2.38. The molecule has 1 saturated heterocycles. The van der Waals surface area contributed by atoms with Crippen molar-refractivity contribution in [2.45, 2.75) is 12.8 Å². The lowest BCUT2D eigenvalue weighted by molar-refractivity contribution is 0.0768. The molecule has 1 N–H and O–H groups in total. The fourth-order valence-corrected chi connectivity index (χ4v) is 2.72. The molecule has 0 radical (unpaired) electrons. The van der Waals surface area contributed by atoms with Crippen LogP contribution in [0.3, 0.4) is 0 Å². The highest BCUT2D eigenvalue weighted by atomic mass is 16.5. The Morgan fingerprint density at radius 3 is 1.87 bits per heavy atom. The maximum Gasteiger partial charge on any atom is 0.0698 e. The van der Waals surface area contributed by atoms with Crippen LogP contribution >= 0.6 is 0 Å². The Labute approximate surface area is 143 Å². The summed E-state index contributed by atoms with van der Waals surface area (Å²) >= 11 is 0. The van der Waals surface area contributed by atoms with Gasteiger partial charge in [-0.25, -0.2) is 0 Å². The summed E-state index contributed by atoms with van der Waals surface area (Å²) in [6.07, 6.45) is 2.76. The molecule has 0 aromatic rings. The van der Waals surface area contributed by atoms with Gasteiger partial charge in [-0.3, -0.25) is 0 Å². The van der Waals surface area contributed by atoms with Crippen molar-refractivity contribution in [3.8, 4) is 0 Å². The van der Waals surface area contributed by atoms with Crippen molar-refractivity contribution >= 4 is 0 Å². The van der Waals surface area contributed by atoms with Crippen molar-refractivity contribution < 1.29 is 9.84 Å². The third-order valence-electron chi connectivity index (χ3n) is 4.58. The normalized spacial score (nSPS) is 16.3. The molecule has 1 aliphatic heterocycles. The smallest absolute Gasteiger partial charge is 0.0698 e. The molecular formula is C17H38N4O2. The zero-order valence-electron chi connectivity index (χ0n) is 15.5. The fourth-order valence-electron chi connectivity index (χ4n) is 2.72. The number of likely N-dealkylation sites (N-methyl/N-ethyl adjacent to an activating group) is 3. The molecule has 0 saturated carbocycles. The number of aliphatic hydroxyl groups is 1. The van der Waals surface area contributed by atoms with Gasteiger partial charge >= 0.3 is 0 Å². The second-order valence-corrected chi connectivity index (χ2v) is 6.79. The maximum absolute atomic E-state index is 8.66. The van der Waals surface area contributed by atoms with Crippen LogP contribution in [0.1, 0.15) is 12.8 Å². The number of nitrogens with zero attached hydrogens (tertiary/aromatic N) is 4. The van der Waals surface area contributed by atoms with Crippen molar-refractivity contribution in [1.29, 1.82) is 0 Å². The minimum absolute atomic E-state index is 0.109. The van der Waals surface area contributed by atoms with Crippen molar-refractivity contribution in [2.24, 2.45) is 0 Å². The van der Waals surface area contributed by atoms with Crippen LogP contribution in [0.2, 0.25) is 0 Å². The molecule has 1 fully saturated rings. The van der Waals surface area contributed by atoms with E-state index in [2.05, 4.69) is 40.7 Å². The second-order valence-electron chi connectivity index (χ2n) is 6.79. The number of ether oxygens (including phenoxy) is 1. The van der Waals surface area contributed by atoms with E-state index in [-0.39, 0.29) is 6.61 Å². The monoisotopic (exact) mass is 330 g/mol.